The molecule has 23 heavy (non-hydrogen) atoms. The van der Waals surface area contributed by atoms with Crippen LogP contribution in [0.25, 0.3) is 5.69 Å². The van der Waals surface area contributed by atoms with Crippen molar-refractivity contribution in [3.63, 3.8) is 0 Å². The molecule has 0 aliphatic carbocycles. The normalized spacial score (nSPS) is 10.6. The van der Waals surface area contributed by atoms with Crippen LogP contribution in [0.3, 0.4) is 0 Å². The van der Waals surface area contributed by atoms with Gasteiger partial charge in [-0.25, -0.2) is 9.67 Å². The van der Waals surface area contributed by atoms with E-state index in [1.165, 1.54) is 13.3 Å². The summed E-state index contributed by atoms with van der Waals surface area (Å²) in [5.41, 5.74) is 3.61. The van der Waals surface area contributed by atoms with Crippen molar-refractivity contribution in [1.29, 1.82) is 0 Å². The zero-order valence-electron chi connectivity index (χ0n) is 12.9. The molecule has 3 aromatic heterocycles. The molecule has 0 spiro atoms. The van der Waals surface area contributed by atoms with Gasteiger partial charge in [-0.1, -0.05) is 11.6 Å². The highest BCUT2D eigenvalue weighted by molar-refractivity contribution is 6.31. The fraction of sp³-hybridized carbons (Fsp3) is 0.200. The maximum absolute atomic E-state index is 5.93. The van der Waals surface area contributed by atoms with Crippen LogP contribution in [0.1, 0.15) is 11.3 Å². The molecule has 0 radical (unpaired) electrons. The molecule has 3 aromatic rings. The van der Waals surface area contributed by atoms with Crippen LogP contribution in [0.2, 0.25) is 5.02 Å². The fourth-order valence-corrected chi connectivity index (χ4v) is 2.27. The number of nitrogens with zero attached hydrogens (tertiary/aromatic N) is 5. The van der Waals surface area contributed by atoms with Gasteiger partial charge in [0.05, 0.1) is 36.6 Å². The first-order valence-corrected chi connectivity index (χ1v) is 7.27. The van der Waals surface area contributed by atoms with Gasteiger partial charge in [-0.3, -0.25) is 4.98 Å². The zero-order chi connectivity index (χ0) is 16.4. The van der Waals surface area contributed by atoms with Crippen molar-refractivity contribution in [1.82, 2.24) is 24.7 Å². The topological polar surface area (TPSA) is 77.8 Å². The van der Waals surface area contributed by atoms with Crippen LogP contribution in [0.15, 0.2) is 30.9 Å². The molecule has 0 saturated carbocycles. The number of methoxy groups -OCH3 is 1. The Kier molecular flexibility index (Phi) is 4.12. The van der Waals surface area contributed by atoms with Crippen molar-refractivity contribution in [2.24, 2.45) is 0 Å². The third-order valence-corrected chi connectivity index (χ3v) is 3.55. The molecule has 7 nitrogen and oxygen atoms in total. The lowest BCUT2D eigenvalue weighted by Crippen LogP contribution is -1.99. The summed E-state index contributed by atoms with van der Waals surface area (Å²) >= 11 is 5.93. The van der Waals surface area contributed by atoms with Gasteiger partial charge in [0.15, 0.2) is 0 Å². The second kappa shape index (κ2) is 6.21. The summed E-state index contributed by atoms with van der Waals surface area (Å²) < 4.78 is 6.89. The standard InChI is InChI=1S/C15H15ClN6O/c1-9-6-17-5-4-13(9)22-8-12(10(2)21-22)19-15-18-7-11(16)14(20-15)23-3/h4-8H,1-3H3,(H,18,19,20). The molecule has 0 atom stereocenters. The lowest BCUT2D eigenvalue weighted by atomic mass is 10.3. The van der Waals surface area contributed by atoms with Crippen molar-refractivity contribution in [2.75, 3.05) is 12.4 Å². The maximum atomic E-state index is 5.93. The second-order valence-electron chi connectivity index (χ2n) is 4.91. The molecule has 118 valence electrons. The van der Waals surface area contributed by atoms with Crippen molar-refractivity contribution in [3.8, 4) is 11.6 Å². The third kappa shape index (κ3) is 3.09. The first-order chi connectivity index (χ1) is 11.1. The summed E-state index contributed by atoms with van der Waals surface area (Å²) in [6, 6.07) is 1.91. The van der Waals surface area contributed by atoms with Gasteiger partial charge in [-0.2, -0.15) is 10.1 Å². The molecule has 0 aliphatic rings. The van der Waals surface area contributed by atoms with Crippen molar-refractivity contribution >= 4 is 23.2 Å². The average Bonchev–Trinajstić information content (AvgIpc) is 2.90. The summed E-state index contributed by atoms with van der Waals surface area (Å²) in [4.78, 5) is 12.4. The number of anilines is 2. The summed E-state index contributed by atoms with van der Waals surface area (Å²) in [7, 11) is 1.51. The van der Waals surface area contributed by atoms with E-state index in [9.17, 15) is 0 Å². The molecule has 0 saturated heterocycles. The molecule has 3 rings (SSSR count). The van der Waals surface area contributed by atoms with Gasteiger partial charge in [-0.15, -0.1) is 0 Å². The summed E-state index contributed by atoms with van der Waals surface area (Å²) in [5.74, 6) is 0.708. The van der Waals surface area contributed by atoms with Crippen molar-refractivity contribution < 1.29 is 4.74 Å². The van der Waals surface area contributed by atoms with Crippen molar-refractivity contribution in [2.45, 2.75) is 13.8 Å². The molecule has 0 amide bonds. The van der Waals surface area contributed by atoms with Gasteiger partial charge < -0.3 is 10.1 Å². The largest absolute Gasteiger partial charge is 0.480 e. The quantitative estimate of drug-likeness (QED) is 0.792. The molecule has 0 aliphatic heterocycles. The predicted octanol–water partition coefficient (Wildman–Crippen LogP) is 3.08. The summed E-state index contributed by atoms with van der Waals surface area (Å²) in [6.07, 6.45) is 6.90. The van der Waals surface area contributed by atoms with Crippen LogP contribution < -0.4 is 10.1 Å². The van der Waals surface area contributed by atoms with Crippen LogP contribution in [-0.2, 0) is 0 Å². The number of hydrogen-bond acceptors (Lipinski definition) is 6. The van der Waals surface area contributed by atoms with E-state index in [0.29, 0.717) is 16.9 Å². The van der Waals surface area contributed by atoms with Crippen LogP contribution in [0.5, 0.6) is 5.88 Å². The highest BCUT2D eigenvalue weighted by Gasteiger charge is 2.11. The number of rotatable bonds is 4. The molecule has 0 unspecified atom stereocenters. The van der Waals surface area contributed by atoms with Gasteiger partial charge in [0, 0.05) is 12.4 Å². The van der Waals surface area contributed by atoms with Crippen LogP contribution in [0.4, 0.5) is 11.6 Å². The van der Waals surface area contributed by atoms with Crippen LogP contribution in [-0.4, -0.2) is 31.8 Å². The van der Waals surface area contributed by atoms with Crippen molar-refractivity contribution in [3.05, 3.63) is 47.1 Å². The molecular formula is C15H15ClN6O. The molecule has 0 aromatic carbocycles. The highest BCUT2D eigenvalue weighted by atomic mass is 35.5. The molecule has 3 heterocycles. The second-order valence-corrected chi connectivity index (χ2v) is 5.32. The summed E-state index contributed by atoms with van der Waals surface area (Å²) in [6.45, 7) is 3.89. The Balaban J connectivity index is 1.92. The van der Waals surface area contributed by atoms with E-state index in [2.05, 4.69) is 25.4 Å². The van der Waals surface area contributed by atoms with Gasteiger partial charge >= 0.3 is 0 Å². The Morgan fingerprint density at radius 3 is 2.83 bits per heavy atom. The van der Waals surface area contributed by atoms with E-state index in [4.69, 9.17) is 16.3 Å². The molecule has 1 N–H and O–H groups in total. The number of aromatic nitrogens is 5. The monoisotopic (exact) mass is 330 g/mol. The van der Waals surface area contributed by atoms with Gasteiger partial charge in [0.2, 0.25) is 11.8 Å². The van der Waals surface area contributed by atoms with E-state index in [1.807, 2.05) is 26.1 Å². The predicted molar refractivity (Wildman–Crippen MR) is 87.7 cm³/mol. The molecule has 8 heteroatoms. The van der Waals surface area contributed by atoms with Gasteiger partial charge in [0.1, 0.15) is 5.02 Å². The zero-order valence-corrected chi connectivity index (χ0v) is 13.7. The Morgan fingerprint density at radius 2 is 2.09 bits per heavy atom. The van der Waals surface area contributed by atoms with Crippen LogP contribution >= 0.6 is 11.6 Å². The number of nitrogens with one attached hydrogen (secondary N) is 1. The summed E-state index contributed by atoms with van der Waals surface area (Å²) in [5, 5.41) is 7.99. The number of aryl methyl sites for hydroxylation is 2. The Labute approximate surface area is 138 Å². The number of ether oxygens (including phenoxy) is 1. The first-order valence-electron chi connectivity index (χ1n) is 6.89. The van der Waals surface area contributed by atoms with Gasteiger partial charge in [-0.05, 0) is 25.5 Å². The number of hydrogen-bond donors (Lipinski definition) is 1. The van der Waals surface area contributed by atoms with E-state index in [0.717, 1.165) is 22.6 Å². The number of halogens is 1. The Hall–Kier alpha value is -2.67. The number of pyridine rings is 1. The molecule has 0 fully saturated rings. The SMILES string of the molecule is COc1nc(Nc2cn(-c3ccncc3C)nc2C)ncc1Cl. The minimum atomic E-state index is 0.319. The lowest BCUT2D eigenvalue weighted by molar-refractivity contribution is 0.398. The van der Waals surface area contributed by atoms with E-state index >= 15 is 0 Å². The fourth-order valence-electron chi connectivity index (χ4n) is 2.10. The maximum Gasteiger partial charge on any atom is 0.237 e. The van der Waals surface area contributed by atoms with Gasteiger partial charge in [0.25, 0.3) is 0 Å². The third-order valence-electron chi connectivity index (χ3n) is 3.29. The van der Waals surface area contributed by atoms with Crippen LogP contribution in [0, 0.1) is 13.8 Å². The minimum absolute atomic E-state index is 0.319. The first kappa shape index (κ1) is 15.2. The smallest absolute Gasteiger partial charge is 0.237 e. The molecule has 0 bridgehead atoms. The lowest BCUT2D eigenvalue weighted by Gasteiger charge is -2.06. The van der Waals surface area contributed by atoms with E-state index in [1.54, 1.807) is 17.1 Å². The Morgan fingerprint density at radius 1 is 1.26 bits per heavy atom. The van der Waals surface area contributed by atoms with E-state index < -0.39 is 0 Å². The Bertz CT molecular complexity index is 848. The average molecular weight is 331 g/mol. The highest BCUT2D eigenvalue weighted by Crippen LogP contribution is 2.24. The minimum Gasteiger partial charge on any atom is -0.480 e. The van der Waals surface area contributed by atoms with E-state index in [-0.39, 0.29) is 0 Å². The molecular weight excluding hydrogens is 316 g/mol.